The molecule has 1 rings (SSSR count). The van der Waals surface area contributed by atoms with E-state index in [9.17, 15) is 9.59 Å². The molecule has 4 N–H and O–H groups in total. The number of alkyl carbamates (subject to hydrolysis) is 2. The fourth-order valence-electron chi connectivity index (χ4n) is 1.32. The highest BCUT2D eigenvalue weighted by molar-refractivity contribution is 5.67. The number of nitrogens with two attached hydrogens (primary N) is 1. The second-order valence-electron chi connectivity index (χ2n) is 3.57. The van der Waals surface area contributed by atoms with Crippen molar-refractivity contribution in [3.05, 3.63) is 11.4 Å². The first kappa shape index (κ1) is 14.6. The Morgan fingerprint density at radius 3 is 2.26 bits per heavy atom. The summed E-state index contributed by atoms with van der Waals surface area (Å²) in [5, 5.41) is 4.64. The van der Waals surface area contributed by atoms with Crippen molar-refractivity contribution in [2.24, 2.45) is 7.05 Å². The summed E-state index contributed by atoms with van der Waals surface area (Å²) in [7, 11) is 4.58. The van der Waals surface area contributed by atoms with Gasteiger partial charge in [0, 0.05) is 21.1 Å². The van der Waals surface area contributed by atoms with E-state index in [0.29, 0.717) is 11.4 Å². The summed E-state index contributed by atoms with van der Waals surface area (Å²) in [6, 6.07) is 0. The monoisotopic (exact) mass is 271 g/mol. The summed E-state index contributed by atoms with van der Waals surface area (Å²) in [4.78, 5) is 26.1. The van der Waals surface area contributed by atoms with Crippen LogP contribution in [0.15, 0.2) is 0 Å². The van der Waals surface area contributed by atoms with E-state index in [2.05, 4.69) is 15.6 Å². The molecule has 0 unspecified atom stereocenters. The Hall–Kier alpha value is -2.45. The molecule has 9 heteroatoms. The fourth-order valence-corrected chi connectivity index (χ4v) is 1.32. The number of rotatable bonds is 4. The molecule has 0 radical (unpaired) electrons. The number of anilines is 1. The summed E-state index contributed by atoms with van der Waals surface area (Å²) in [6.45, 7) is -0.0794. The maximum absolute atomic E-state index is 11.0. The number of nitrogens with one attached hydrogen (secondary N) is 2. The zero-order valence-electron chi connectivity index (χ0n) is 11.0. The molecule has 9 nitrogen and oxygen atoms in total. The van der Waals surface area contributed by atoms with Crippen molar-refractivity contribution in [2.45, 2.75) is 13.2 Å². The van der Waals surface area contributed by atoms with E-state index >= 15 is 0 Å². The number of amides is 2. The van der Waals surface area contributed by atoms with E-state index in [1.165, 1.54) is 14.1 Å². The third-order valence-electron chi connectivity index (χ3n) is 2.42. The number of ether oxygens (including phenoxy) is 2. The molecular formula is C10H17N5O4. The molecule has 0 aromatic carbocycles. The van der Waals surface area contributed by atoms with E-state index in [-0.39, 0.29) is 19.2 Å². The number of hydrogen-bond acceptors (Lipinski definition) is 6. The second-order valence-corrected chi connectivity index (χ2v) is 3.57. The second kappa shape index (κ2) is 6.47. The van der Waals surface area contributed by atoms with Crippen LogP contribution in [0.5, 0.6) is 0 Å². The molecule has 1 heterocycles. The first-order chi connectivity index (χ1) is 8.99. The van der Waals surface area contributed by atoms with Crippen LogP contribution in [-0.4, -0.2) is 35.8 Å². The van der Waals surface area contributed by atoms with Gasteiger partial charge in [-0.1, -0.05) is 0 Å². The molecule has 19 heavy (non-hydrogen) atoms. The lowest BCUT2D eigenvalue weighted by molar-refractivity contribution is 0.131. The molecule has 0 saturated carbocycles. The van der Waals surface area contributed by atoms with Gasteiger partial charge in [0.2, 0.25) is 5.95 Å². The number of imidazole rings is 1. The molecule has 0 saturated heterocycles. The standard InChI is InChI=1S/C10H17N5O4/c1-12-9(16)18-4-6-7(5-19-10(17)13-2)15(3)8(11)14-6/h4-5H2,1-3H3,(H2,11,14)(H,12,16)(H,13,17). The minimum atomic E-state index is -0.581. The molecular weight excluding hydrogens is 254 g/mol. The first-order valence-electron chi connectivity index (χ1n) is 5.48. The minimum absolute atomic E-state index is 0.0210. The van der Waals surface area contributed by atoms with Crippen LogP contribution >= 0.6 is 0 Å². The normalized spacial score (nSPS) is 9.84. The predicted octanol–water partition coefficient (Wildman–Crippen LogP) is -0.286. The topological polar surface area (TPSA) is 120 Å². The lowest BCUT2D eigenvalue weighted by Crippen LogP contribution is -2.21. The quantitative estimate of drug-likeness (QED) is 0.692. The Morgan fingerprint density at radius 2 is 1.74 bits per heavy atom. The zero-order chi connectivity index (χ0) is 14.4. The first-order valence-corrected chi connectivity index (χ1v) is 5.48. The summed E-state index contributed by atoms with van der Waals surface area (Å²) in [5.41, 5.74) is 6.66. The molecule has 0 fully saturated rings. The molecule has 0 aliphatic carbocycles. The highest BCUT2D eigenvalue weighted by atomic mass is 16.6. The highest BCUT2D eigenvalue weighted by Crippen LogP contribution is 2.14. The van der Waals surface area contributed by atoms with Gasteiger partial charge in [-0.3, -0.25) is 0 Å². The van der Waals surface area contributed by atoms with Gasteiger partial charge in [0.1, 0.15) is 18.9 Å². The van der Waals surface area contributed by atoms with E-state index in [0.717, 1.165) is 0 Å². The Kier molecular flexibility index (Phi) is 4.98. The van der Waals surface area contributed by atoms with Crippen LogP contribution in [0, 0.1) is 0 Å². The van der Waals surface area contributed by atoms with Crippen LogP contribution in [0.25, 0.3) is 0 Å². The van der Waals surface area contributed by atoms with Crippen molar-refractivity contribution in [1.82, 2.24) is 20.2 Å². The molecule has 0 aliphatic rings. The average Bonchev–Trinajstić information content (AvgIpc) is 2.68. The van der Waals surface area contributed by atoms with E-state index in [1.807, 2.05) is 0 Å². The number of nitrogens with zero attached hydrogens (tertiary/aromatic N) is 2. The number of aromatic nitrogens is 2. The maximum atomic E-state index is 11.0. The van der Waals surface area contributed by atoms with Crippen molar-refractivity contribution >= 4 is 18.1 Å². The average molecular weight is 271 g/mol. The van der Waals surface area contributed by atoms with Gasteiger partial charge in [0.15, 0.2) is 0 Å². The highest BCUT2D eigenvalue weighted by Gasteiger charge is 2.16. The van der Waals surface area contributed by atoms with Gasteiger partial charge < -0.3 is 30.4 Å². The Morgan fingerprint density at radius 1 is 1.21 bits per heavy atom. The molecule has 1 aromatic heterocycles. The third kappa shape index (κ3) is 3.76. The van der Waals surface area contributed by atoms with Crippen LogP contribution in [-0.2, 0) is 29.7 Å². The Balaban J connectivity index is 2.77. The van der Waals surface area contributed by atoms with Gasteiger partial charge in [-0.25, -0.2) is 14.6 Å². The summed E-state index contributed by atoms with van der Waals surface area (Å²) >= 11 is 0. The van der Waals surface area contributed by atoms with Crippen molar-refractivity contribution in [3.63, 3.8) is 0 Å². The molecule has 0 spiro atoms. The van der Waals surface area contributed by atoms with E-state index in [1.54, 1.807) is 11.6 Å². The van der Waals surface area contributed by atoms with Gasteiger partial charge in [-0.05, 0) is 0 Å². The number of hydrogen-bond donors (Lipinski definition) is 3. The SMILES string of the molecule is CNC(=O)OCc1nc(N)n(C)c1COC(=O)NC. The van der Waals surface area contributed by atoms with Crippen LogP contribution in [0.2, 0.25) is 0 Å². The predicted molar refractivity (Wildman–Crippen MR) is 66.1 cm³/mol. The smallest absolute Gasteiger partial charge is 0.407 e. The van der Waals surface area contributed by atoms with Crippen molar-refractivity contribution in [1.29, 1.82) is 0 Å². The molecule has 106 valence electrons. The number of carbonyl (C=O) groups is 2. The summed E-state index contributed by atoms with van der Waals surface area (Å²) in [6.07, 6.45) is -1.15. The zero-order valence-corrected chi connectivity index (χ0v) is 11.0. The lowest BCUT2D eigenvalue weighted by Gasteiger charge is -2.08. The van der Waals surface area contributed by atoms with Crippen molar-refractivity contribution in [3.8, 4) is 0 Å². The van der Waals surface area contributed by atoms with Gasteiger partial charge in [-0.2, -0.15) is 0 Å². The van der Waals surface area contributed by atoms with Crippen molar-refractivity contribution in [2.75, 3.05) is 19.8 Å². The fraction of sp³-hybridized carbons (Fsp3) is 0.500. The molecule has 0 bridgehead atoms. The number of nitrogen functional groups attached to an aromatic ring is 1. The largest absolute Gasteiger partial charge is 0.443 e. The minimum Gasteiger partial charge on any atom is -0.443 e. The van der Waals surface area contributed by atoms with Crippen molar-refractivity contribution < 1.29 is 19.1 Å². The molecule has 2 amide bonds. The van der Waals surface area contributed by atoms with Gasteiger partial charge in [-0.15, -0.1) is 0 Å². The van der Waals surface area contributed by atoms with Crippen LogP contribution in [0.3, 0.4) is 0 Å². The molecule has 0 aliphatic heterocycles. The van der Waals surface area contributed by atoms with Gasteiger partial charge in [0.25, 0.3) is 0 Å². The third-order valence-corrected chi connectivity index (χ3v) is 2.42. The Labute approximate surface area is 110 Å². The van der Waals surface area contributed by atoms with Gasteiger partial charge >= 0.3 is 12.2 Å². The van der Waals surface area contributed by atoms with E-state index in [4.69, 9.17) is 15.2 Å². The van der Waals surface area contributed by atoms with Crippen LogP contribution in [0.4, 0.5) is 15.5 Å². The van der Waals surface area contributed by atoms with Crippen LogP contribution < -0.4 is 16.4 Å². The molecule has 0 atom stereocenters. The Bertz CT molecular complexity index is 471. The number of carbonyl (C=O) groups excluding carboxylic acids is 2. The van der Waals surface area contributed by atoms with Crippen LogP contribution in [0.1, 0.15) is 11.4 Å². The lowest BCUT2D eigenvalue weighted by atomic mass is 10.3. The molecule has 1 aromatic rings. The van der Waals surface area contributed by atoms with E-state index < -0.39 is 12.2 Å². The maximum Gasteiger partial charge on any atom is 0.407 e. The summed E-state index contributed by atoms with van der Waals surface area (Å²) < 4.78 is 11.4. The van der Waals surface area contributed by atoms with Gasteiger partial charge in [0.05, 0.1) is 5.69 Å². The summed E-state index contributed by atoms with van der Waals surface area (Å²) in [5.74, 6) is 0.242.